The lowest BCUT2D eigenvalue weighted by molar-refractivity contribution is -0.130. The van der Waals surface area contributed by atoms with Crippen LogP contribution in [0.3, 0.4) is 0 Å². The molecule has 2 N–H and O–H groups in total. The number of amides is 1. The van der Waals surface area contributed by atoms with Crippen LogP contribution in [0.25, 0.3) is 0 Å². The number of likely N-dealkylation sites (N-methyl/N-ethyl adjacent to an activating group) is 1. The number of hydrogen-bond acceptors (Lipinski definition) is 4. The molecule has 5 nitrogen and oxygen atoms in total. The van der Waals surface area contributed by atoms with Crippen LogP contribution < -0.4 is 10.7 Å². The second-order valence-corrected chi connectivity index (χ2v) is 6.84. The van der Waals surface area contributed by atoms with E-state index in [0.29, 0.717) is 18.3 Å². The summed E-state index contributed by atoms with van der Waals surface area (Å²) in [6.45, 7) is 13.8. The monoisotopic (exact) mass is 341 g/mol. The first kappa shape index (κ1) is 23.1. The van der Waals surface area contributed by atoms with Crippen LogP contribution in [0, 0.1) is 17.8 Å². The Kier molecular flexibility index (Phi) is 11.9. The van der Waals surface area contributed by atoms with Gasteiger partial charge < -0.3 is 5.32 Å². The zero-order valence-corrected chi connectivity index (χ0v) is 16.8. The first-order valence-electron chi connectivity index (χ1n) is 9.59. The molecule has 0 aromatic carbocycles. The van der Waals surface area contributed by atoms with Crippen LogP contribution in [-0.2, 0) is 9.59 Å². The molecule has 24 heavy (non-hydrogen) atoms. The van der Waals surface area contributed by atoms with Crippen molar-refractivity contribution in [1.82, 2.24) is 15.8 Å². The Morgan fingerprint density at radius 2 is 1.54 bits per heavy atom. The lowest BCUT2D eigenvalue weighted by Gasteiger charge is -2.32. The number of carbonyl (C=O) groups excluding carboxylic acids is 2. The molecule has 0 fully saturated rings. The molecule has 0 bridgehead atoms. The van der Waals surface area contributed by atoms with Crippen LogP contribution in [-0.4, -0.2) is 42.9 Å². The molecule has 4 unspecified atom stereocenters. The molecule has 0 rings (SSSR count). The third-order valence-electron chi connectivity index (χ3n) is 5.26. The highest BCUT2D eigenvalue weighted by molar-refractivity contribution is 5.83. The van der Waals surface area contributed by atoms with Gasteiger partial charge in [0.1, 0.15) is 5.78 Å². The van der Waals surface area contributed by atoms with Gasteiger partial charge in [-0.05, 0) is 32.2 Å². The predicted molar refractivity (Wildman–Crippen MR) is 101 cm³/mol. The van der Waals surface area contributed by atoms with Crippen LogP contribution in [0.1, 0.15) is 67.2 Å². The number of hydrogen-bond donors (Lipinski definition) is 2. The number of carbonyl (C=O) groups is 2. The SMILES string of the molecule is CCC(C)C(=O)NN(CC)CC(CC)C(CC)CC(=O)C(C)NC. The number of Topliss-reactive ketones (excluding diaryl/α,β-unsaturated/α-hetero) is 1. The second kappa shape index (κ2) is 12.4. The van der Waals surface area contributed by atoms with Crippen molar-refractivity contribution in [2.45, 2.75) is 73.3 Å². The summed E-state index contributed by atoms with van der Waals surface area (Å²) >= 11 is 0. The average Bonchev–Trinajstić information content (AvgIpc) is 2.61. The van der Waals surface area contributed by atoms with Gasteiger partial charge in [0.25, 0.3) is 0 Å². The molecular formula is C19H39N3O2. The van der Waals surface area contributed by atoms with Gasteiger partial charge in [0, 0.05) is 25.4 Å². The maximum Gasteiger partial charge on any atom is 0.237 e. The van der Waals surface area contributed by atoms with E-state index in [-0.39, 0.29) is 23.7 Å². The van der Waals surface area contributed by atoms with Crippen molar-refractivity contribution in [2.24, 2.45) is 17.8 Å². The zero-order valence-electron chi connectivity index (χ0n) is 16.8. The van der Waals surface area contributed by atoms with E-state index in [4.69, 9.17) is 0 Å². The molecule has 1 amide bonds. The molecule has 0 aliphatic carbocycles. The van der Waals surface area contributed by atoms with E-state index in [2.05, 4.69) is 31.5 Å². The van der Waals surface area contributed by atoms with Gasteiger partial charge in [0.05, 0.1) is 6.04 Å². The summed E-state index contributed by atoms with van der Waals surface area (Å²) in [7, 11) is 1.82. The summed E-state index contributed by atoms with van der Waals surface area (Å²) in [6.07, 6.45) is 3.44. The van der Waals surface area contributed by atoms with Crippen molar-refractivity contribution in [1.29, 1.82) is 0 Å². The van der Waals surface area contributed by atoms with E-state index in [0.717, 1.165) is 32.4 Å². The van der Waals surface area contributed by atoms with Crippen molar-refractivity contribution in [2.75, 3.05) is 20.1 Å². The van der Waals surface area contributed by atoms with E-state index < -0.39 is 0 Å². The van der Waals surface area contributed by atoms with Gasteiger partial charge in [-0.15, -0.1) is 0 Å². The Balaban J connectivity index is 4.82. The van der Waals surface area contributed by atoms with Gasteiger partial charge in [0.15, 0.2) is 0 Å². The highest BCUT2D eigenvalue weighted by Crippen LogP contribution is 2.24. The molecule has 0 heterocycles. The Hall–Kier alpha value is -0.940. The van der Waals surface area contributed by atoms with Crippen LogP contribution in [0.4, 0.5) is 0 Å². The topological polar surface area (TPSA) is 61.4 Å². The zero-order chi connectivity index (χ0) is 18.7. The molecule has 0 radical (unpaired) electrons. The lowest BCUT2D eigenvalue weighted by atomic mass is 9.83. The van der Waals surface area contributed by atoms with Gasteiger partial charge in [-0.2, -0.15) is 0 Å². The molecule has 4 atom stereocenters. The van der Waals surface area contributed by atoms with Gasteiger partial charge in [-0.25, -0.2) is 5.01 Å². The Bertz CT molecular complexity index is 374. The fourth-order valence-corrected chi connectivity index (χ4v) is 2.84. The minimum absolute atomic E-state index is 0.0270. The first-order chi connectivity index (χ1) is 11.3. The minimum Gasteiger partial charge on any atom is -0.311 e. The smallest absolute Gasteiger partial charge is 0.237 e. The maximum atomic E-state index is 12.3. The van der Waals surface area contributed by atoms with E-state index in [9.17, 15) is 9.59 Å². The molecule has 142 valence electrons. The molecule has 0 aromatic rings. The third-order valence-corrected chi connectivity index (χ3v) is 5.26. The predicted octanol–water partition coefficient (Wildman–Crippen LogP) is 3.01. The Morgan fingerprint density at radius 1 is 0.958 bits per heavy atom. The molecule has 0 spiro atoms. The van der Waals surface area contributed by atoms with E-state index >= 15 is 0 Å². The minimum atomic E-state index is -0.0936. The Labute approximate surface area is 148 Å². The van der Waals surface area contributed by atoms with Crippen molar-refractivity contribution in [3.8, 4) is 0 Å². The van der Waals surface area contributed by atoms with Crippen molar-refractivity contribution >= 4 is 11.7 Å². The maximum absolute atomic E-state index is 12.3. The molecule has 0 aromatic heterocycles. The lowest BCUT2D eigenvalue weighted by Crippen LogP contribution is -2.47. The number of rotatable bonds is 13. The van der Waals surface area contributed by atoms with E-state index in [1.807, 2.05) is 32.8 Å². The summed E-state index contributed by atoms with van der Waals surface area (Å²) in [5, 5.41) is 5.04. The standard InChI is InChI=1S/C19H39N3O2/c1-8-14(5)19(24)21-22(11-4)13-17(10-3)16(9-2)12-18(23)15(6)20-7/h14-17,20H,8-13H2,1-7H3,(H,21,24). The molecule has 0 saturated carbocycles. The summed E-state index contributed by atoms with van der Waals surface area (Å²) < 4.78 is 0. The molecule has 0 aliphatic rings. The quantitative estimate of drug-likeness (QED) is 0.506. The van der Waals surface area contributed by atoms with Crippen molar-refractivity contribution in [3.05, 3.63) is 0 Å². The molecule has 0 saturated heterocycles. The number of hydrazine groups is 1. The van der Waals surface area contributed by atoms with E-state index in [1.165, 1.54) is 0 Å². The van der Waals surface area contributed by atoms with Crippen LogP contribution >= 0.6 is 0 Å². The number of nitrogens with zero attached hydrogens (tertiary/aromatic N) is 1. The van der Waals surface area contributed by atoms with Gasteiger partial charge in [-0.1, -0.05) is 47.5 Å². The van der Waals surface area contributed by atoms with Crippen LogP contribution in [0.15, 0.2) is 0 Å². The van der Waals surface area contributed by atoms with Crippen LogP contribution in [0.2, 0.25) is 0 Å². The number of nitrogens with one attached hydrogen (secondary N) is 2. The summed E-state index contributed by atoms with van der Waals surface area (Å²) in [6, 6.07) is -0.0936. The first-order valence-corrected chi connectivity index (χ1v) is 9.59. The van der Waals surface area contributed by atoms with Gasteiger partial charge in [0.2, 0.25) is 5.91 Å². The number of ketones is 1. The molecule has 0 aliphatic heterocycles. The molecular weight excluding hydrogens is 302 g/mol. The Morgan fingerprint density at radius 3 is 1.96 bits per heavy atom. The second-order valence-electron chi connectivity index (χ2n) is 6.84. The van der Waals surface area contributed by atoms with Crippen LogP contribution in [0.5, 0.6) is 0 Å². The normalized spacial score (nSPS) is 16.5. The van der Waals surface area contributed by atoms with Crippen molar-refractivity contribution < 1.29 is 9.59 Å². The summed E-state index contributed by atoms with van der Waals surface area (Å²) in [5.41, 5.74) is 3.05. The average molecular weight is 342 g/mol. The highest BCUT2D eigenvalue weighted by atomic mass is 16.2. The molecule has 5 heteroatoms. The highest BCUT2D eigenvalue weighted by Gasteiger charge is 2.25. The summed E-state index contributed by atoms with van der Waals surface area (Å²) in [5.74, 6) is 1.14. The van der Waals surface area contributed by atoms with Crippen molar-refractivity contribution in [3.63, 3.8) is 0 Å². The van der Waals surface area contributed by atoms with E-state index in [1.54, 1.807) is 0 Å². The largest absolute Gasteiger partial charge is 0.311 e. The fraction of sp³-hybridized carbons (Fsp3) is 0.895. The van der Waals surface area contributed by atoms with Gasteiger partial charge >= 0.3 is 0 Å². The fourth-order valence-electron chi connectivity index (χ4n) is 2.84. The summed E-state index contributed by atoms with van der Waals surface area (Å²) in [4.78, 5) is 24.4. The van der Waals surface area contributed by atoms with Gasteiger partial charge in [-0.3, -0.25) is 15.0 Å². The third kappa shape index (κ3) is 7.75.